The molecule has 4 aromatic rings. The number of H-pyrrole nitrogens is 1. The van der Waals surface area contributed by atoms with E-state index in [0.717, 1.165) is 80.0 Å². The fourth-order valence-electron chi connectivity index (χ4n) is 5.96. The number of amides is 1. The second kappa shape index (κ2) is 9.63. The van der Waals surface area contributed by atoms with Crippen molar-refractivity contribution in [2.45, 2.75) is 50.6 Å². The van der Waals surface area contributed by atoms with Crippen molar-refractivity contribution in [3.63, 3.8) is 0 Å². The molecule has 2 fully saturated rings. The number of nitrogens with one attached hydrogen (secondary N) is 1. The second-order valence-corrected chi connectivity index (χ2v) is 10.8. The quantitative estimate of drug-likeness (QED) is 0.408. The van der Waals surface area contributed by atoms with E-state index in [4.69, 9.17) is 15.7 Å². The zero-order valence-corrected chi connectivity index (χ0v) is 21.4. The smallest absolute Gasteiger partial charge is 0.240 e. The number of carbonyl (C=O) groups is 1. The highest BCUT2D eigenvalue weighted by atomic mass is 16.1. The monoisotopic (exact) mass is 494 g/mol. The van der Waals surface area contributed by atoms with Gasteiger partial charge >= 0.3 is 0 Å². The van der Waals surface area contributed by atoms with E-state index in [1.54, 1.807) is 0 Å². The van der Waals surface area contributed by atoms with Gasteiger partial charge in [-0.15, -0.1) is 0 Å². The number of aromatic amines is 1. The first-order valence-corrected chi connectivity index (χ1v) is 13.3. The predicted molar refractivity (Wildman–Crippen MR) is 147 cm³/mol. The van der Waals surface area contributed by atoms with Crippen LogP contribution in [0, 0.1) is 0 Å². The van der Waals surface area contributed by atoms with E-state index in [1.807, 2.05) is 30.3 Å². The normalized spacial score (nSPS) is 19.9. The average molecular weight is 495 g/mol. The van der Waals surface area contributed by atoms with Gasteiger partial charge in [-0.1, -0.05) is 67.6 Å². The van der Waals surface area contributed by atoms with E-state index in [1.165, 1.54) is 5.56 Å². The number of primary amides is 1. The average Bonchev–Trinajstić information content (AvgIpc) is 3.58. The van der Waals surface area contributed by atoms with E-state index in [9.17, 15) is 4.79 Å². The summed E-state index contributed by atoms with van der Waals surface area (Å²) in [5.41, 5.74) is 10.3. The molecule has 0 spiro atoms. The molecule has 6 rings (SSSR count). The summed E-state index contributed by atoms with van der Waals surface area (Å²) < 4.78 is 0. The number of carbonyl (C=O) groups excluding carboxylic acids is 1. The summed E-state index contributed by atoms with van der Waals surface area (Å²) in [6.45, 7) is 6.08. The molecule has 0 aliphatic carbocycles. The lowest BCUT2D eigenvalue weighted by Crippen LogP contribution is -2.40. The van der Waals surface area contributed by atoms with Crippen LogP contribution in [0.2, 0.25) is 0 Å². The van der Waals surface area contributed by atoms with Crippen molar-refractivity contribution in [1.82, 2.24) is 19.9 Å². The molecule has 0 saturated carbocycles. The van der Waals surface area contributed by atoms with Gasteiger partial charge in [-0.05, 0) is 55.8 Å². The lowest BCUT2D eigenvalue weighted by molar-refractivity contribution is -0.119. The Bertz CT molecular complexity index is 1390. The molecule has 4 heterocycles. The van der Waals surface area contributed by atoms with Crippen molar-refractivity contribution >= 4 is 22.8 Å². The van der Waals surface area contributed by atoms with Crippen molar-refractivity contribution < 1.29 is 4.79 Å². The van der Waals surface area contributed by atoms with Crippen LogP contribution < -0.4 is 10.6 Å². The Labute approximate surface area is 217 Å². The Balaban J connectivity index is 1.29. The number of fused-ring (bicyclic) bond motifs is 1. The maximum atomic E-state index is 12.2. The fourth-order valence-corrected chi connectivity index (χ4v) is 5.96. The summed E-state index contributed by atoms with van der Waals surface area (Å²) >= 11 is 0. The maximum Gasteiger partial charge on any atom is 0.240 e. The lowest BCUT2D eigenvalue weighted by atomic mass is 9.74. The molecular weight excluding hydrogens is 460 g/mol. The van der Waals surface area contributed by atoms with Gasteiger partial charge < -0.3 is 15.6 Å². The van der Waals surface area contributed by atoms with Gasteiger partial charge in [0.05, 0.1) is 5.39 Å². The van der Waals surface area contributed by atoms with Gasteiger partial charge in [-0.25, -0.2) is 9.97 Å². The molecule has 2 aliphatic rings. The summed E-state index contributed by atoms with van der Waals surface area (Å²) in [6.07, 6.45) is 3.95. The molecule has 1 unspecified atom stereocenters. The Hall–Kier alpha value is -3.71. The third kappa shape index (κ3) is 4.60. The van der Waals surface area contributed by atoms with Crippen LogP contribution in [0.15, 0.2) is 66.7 Å². The number of benzene rings is 2. The number of nitrogens with zero attached hydrogens (tertiary/aromatic N) is 4. The zero-order chi connectivity index (χ0) is 25.4. The third-order valence-corrected chi connectivity index (χ3v) is 8.23. The molecule has 3 N–H and O–H groups in total. The van der Waals surface area contributed by atoms with Crippen molar-refractivity contribution in [1.29, 1.82) is 0 Å². The Morgan fingerprint density at radius 3 is 2.43 bits per heavy atom. The van der Waals surface area contributed by atoms with Gasteiger partial charge in [-0.2, -0.15) is 0 Å². The van der Waals surface area contributed by atoms with Gasteiger partial charge in [0.15, 0.2) is 5.82 Å². The SMILES string of the molecule is CC1(c2ccccc2)CCN(Cc2cc3c(N4CCCC4C(N)=O)nc(-c4ccccc4)nc3[nH]2)CC1. The molecule has 1 atom stereocenters. The van der Waals surface area contributed by atoms with Crippen LogP contribution in [0.1, 0.15) is 43.9 Å². The van der Waals surface area contributed by atoms with Crippen LogP contribution in [0.5, 0.6) is 0 Å². The molecule has 37 heavy (non-hydrogen) atoms. The van der Waals surface area contributed by atoms with E-state index >= 15 is 0 Å². The van der Waals surface area contributed by atoms with Crippen LogP contribution in [0.3, 0.4) is 0 Å². The summed E-state index contributed by atoms with van der Waals surface area (Å²) in [7, 11) is 0. The van der Waals surface area contributed by atoms with E-state index in [-0.39, 0.29) is 17.4 Å². The van der Waals surface area contributed by atoms with Crippen molar-refractivity contribution in [3.05, 3.63) is 78.0 Å². The van der Waals surface area contributed by atoms with E-state index in [0.29, 0.717) is 5.82 Å². The molecule has 2 saturated heterocycles. The van der Waals surface area contributed by atoms with Crippen LogP contribution in [-0.4, -0.2) is 51.4 Å². The number of nitrogens with two attached hydrogens (primary N) is 1. The summed E-state index contributed by atoms with van der Waals surface area (Å²) in [6, 6.07) is 22.7. The molecule has 190 valence electrons. The first kappa shape index (κ1) is 23.7. The van der Waals surface area contributed by atoms with Crippen LogP contribution >= 0.6 is 0 Å². The second-order valence-electron chi connectivity index (χ2n) is 10.8. The topological polar surface area (TPSA) is 91.1 Å². The Morgan fingerprint density at radius 2 is 1.73 bits per heavy atom. The number of hydrogen-bond donors (Lipinski definition) is 2. The standard InChI is InChI=1S/C30H34N6O/c1-30(22-11-6-3-7-12-22)14-17-35(18-15-30)20-23-19-24-28(32-23)33-27(21-9-4-2-5-10-21)34-29(24)36-16-8-13-25(36)26(31)37/h2-7,9-12,19,25H,8,13-18,20H2,1H3,(H2,31,37)(H,32,33,34). The minimum Gasteiger partial charge on any atom is -0.368 e. The number of anilines is 1. The molecule has 2 aromatic carbocycles. The predicted octanol–water partition coefficient (Wildman–Crippen LogP) is 4.63. The number of hydrogen-bond acceptors (Lipinski definition) is 5. The Morgan fingerprint density at radius 1 is 1.03 bits per heavy atom. The van der Waals surface area contributed by atoms with E-state index < -0.39 is 0 Å². The summed E-state index contributed by atoms with van der Waals surface area (Å²) in [5, 5.41) is 0.953. The number of rotatable bonds is 6. The van der Waals surface area contributed by atoms with Gasteiger partial charge in [0.2, 0.25) is 5.91 Å². The van der Waals surface area contributed by atoms with Gasteiger partial charge in [0.25, 0.3) is 0 Å². The number of likely N-dealkylation sites (tertiary alicyclic amines) is 1. The highest BCUT2D eigenvalue weighted by Gasteiger charge is 2.33. The lowest BCUT2D eigenvalue weighted by Gasteiger charge is -2.39. The molecule has 0 bridgehead atoms. The number of aromatic nitrogens is 3. The third-order valence-electron chi connectivity index (χ3n) is 8.23. The van der Waals surface area contributed by atoms with Crippen molar-refractivity contribution in [2.75, 3.05) is 24.5 Å². The molecule has 2 aromatic heterocycles. The summed E-state index contributed by atoms with van der Waals surface area (Å²) in [5.74, 6) is 1.15. The van der Waals surface area contributed by atoms with Gasteiger partial charge in [0.1, 0.15) is 17.5 Å². The Kier molecular flexibility index (Phi) is 6.16. The minimum atomic E-state index is -0.335. The minimum absolute atomic E-state index is 0.223. The molecule has 7 nitrogen and oxygen atoms in total. The first-order chi connectivity index (χ1) is 18.0. The highest BCUT2D eigenvalue weighted by molar-refractivity contribution is 5.93. The zero-order valence-electron chi connectivity index (χ0n) is 21.4. The molecule has 7 heteroatoms. The van der Waals surface area contributed by atoms with Crippen LogP contribution in [0.4, 0.5) is 5.82 Å². The van der Waals surface area contributed by atoms with Gasteiger partial charge in [0, 0.05) is 24.3 Å². The molecular formula is C30H34N6O. The highest BCUT2D eigenvalue weighted by Crippen LogP contribution is 2.36. The number of piperidine rings is 1. The molecule has 0 radical (unpaired) electrons. The van der Waals surface area contributed by atoms with Crippen molar-refractivity contribution in [2.24, 2.45) is 5.73 Å². The summed E-state index contributed by atoms with van der Waals surface area (Å²) in [4.78, 5) is 30.3. The van der Waals surface area contributed by atoms with Crippen LogP contribution in [-0.2, 0) is 16.8 Å². The van der Waals surface area contributed by atoms with Gasteiger partial charge in [-0.3, -0.25) is 9.69 Å². The van der Waals surface area contributed by atoms with Crippen LogP contribution in [0.25, 0.3) is 22.4 Å². The van der Waals surface area contributed by atoms with E-state index in [2.05, 4.69) is 58.1 Å². The van der Waals surface area contributed by atoms with Crippen molar-refractivity contribution in [3.8, 4) is 11.4 Å². The maximum absolute atomic E-state index is 12.2. The molecule has 1 amide bonds. The fraction of sp³-hybridized carbons (Fsp3) is 0.367. The first-order valence-electron chi connectivity index (χ1n) is 13.3. The molecule has 2 aliphatic heterocycles. The largest absolute Gasteiger partial charge is 0.368 e.